The molecule has 1 fully saturated rings. The number of hydrogen-bond donors (Lipinski definition) is 0. The highest BCUT2D eigenvalue weighted by Crippen LogP contribution is 2.24. The fourth-order valence-corrected chi connectivity index (χ4v) is 4.27. The third-order valence-corrected chi connectivity index (χ3v) is 5.97. The number of nitrogens with zero attached hydrogens (tertiary/aromatic N) is 2. The molecule has 0 bridgehead atoms. The van der Waals surface area contributed by atoms with Gasteiger partial charge in [0.2, 0.25) is 5.91 Å². The number of carbonyl (C=O) groups is 1. The van der Waals surface area contributed by atoms with Crippen molar-refractivity contribution in [2.75, 3.05) is 23.9 Å². The first-order valence-electron chi connectivity index (χ1n) is 8.09. The molecule has 2 aromatic carbocycles. The lowest BCUT2D eigenvalue weighted by Crippen LogP contribution is -2.42. The van der Waals surface area contributed by atoms with Crippen LogP contribution < -0.4 is 4.31 Å². The van der Waals surface area contributed by atoms with Gasteiger partial charge in [0.15, 0.2) is 0 Å². The lowest BCUT2D eigenvalue weighted by atomic mass is 10.3. The second-order valence-corrected chi connectivity index (χ2v) is 7.75. The number of amides is 1. The predicted molar refractivity (Wildman–Crippen MR) is 93.2 cm³/mol. The summed E-state index contributed by atoms with van der Waals surface area (Å²) in [4.78, 5) is 14.3. The Morgan fingerprint density at radius 2 is 1.60 bits per heavy atom. The Balaban J connectivity index is 1.96. The largest absolute Gasteiger partial charge is 0.341 e. The Hall–Kier alpha value is -2.41. The zero-order valence-corrected chi connectivity index (χ0v) is 14.5. The Morgan fingerprint density at radius 1 is 1.00 bits per heavy atom. The summed E-state index contributed by atoms with van der Waals surface area (Å²) in [6.45, 7) is 0.978. The van der Waals surface area contributed by atoms with E-state index in [9.17, 15) is 17.6 Å². The van der Waals surface area contributed by atoms with Crippen molar-refractivity contribution in [2.24, 2.45) is 0 Å². The quantitative estimate of drug-likeness (QED) is 0.822. The van der Waals surface area contributed by atoms with Crippen LogP contribution in [-0.2, 0) is 14.8 Å². The molecular weight excluding hydrogens is 343 g/mol. The summed E-state index contributed by atoms with van der Waals surface area (Å²) in [5.74, 6) is -0.715. The summed E-state index contributed by atoms with van der Waals surface area (Å²) in [6, 6.07) is 13.0. The molecule has 1 amide bonds. The molecule has 5 nitrogen and oxygen atoms in total. The number of carbonyl (C=O) groups excluding carboxylic acids is 1. The molecule has 0 atom stereocenters. The number of rotatable bonds is 5. The van der Waals surface area contributed by atoms with Crippen molar-refractivity contribution in [3.8, 4) is 0 Å². The van der Waals surface area contributed by atoms with E-state index in [0.717, 1.165) is 17.1 Å². The first kappa shape index (κ1) is 17.4. The summed E-state index contributed by atoms with van der Waals surface area (Å²) in [5.41, 5.74) is 0.262. The second-order valence-electron chi connectivity index (χ2n) is 5.89. The van der Waals surface area contributed by atoms with Crippen molar-refractivity contribution >= 4 is 21.6 Å². The third kappa shape index (κ3) is 3.82. The number of hydrogen-bond acceptors (Lipinski definition) is 3. The Morgan fingerprint density at radius 3 is 2.20 bits per heavy atom. The summed E-state index contributed by atoms with van der Waals surface area (Å²) < 4.78 is 40.3. The van der Waals surface area contributed by atoms with Crippen LogP contribution in [0.25, 0.3) is 0 Å². The summed E-state index contributed by atoms with van der Waals surface area (Å²) in [5, 5.41) is 0. The van der Waals surface area contributed by atoms with Crippen molar-refractivity contribution in [2.45, 2.75) is 17.7 Å². The van der Waals surface area contributed by atoms with E-state index in [1.165, 1.54) is 36.4 Å². The highest BCUT2D eigenvalue weighted by Gasteiger charge is 2.29. The SMILES string of the molecule is O=C(CN(c1ccc(F)cc1)S(=O)(=O)c1ccccc1)N1CCCC1. The average molecular weight is 362 g/mol. The molecule has 0 N–H and O–H groups in total. The van der Waals surface area contributed by atoms with Crippen molar-refractivity contribution < 1.29 is 17.6 Å². The van der Waals surface area contributed by atoms with Crippen LogP contribution in [0.1, 0.15) is 12.8 Å². The van der Waals surface area contributed by atoms with Gasteiger partial charge in [-0.2, -0.15) is 0 Å². The molecule has 1 heterocycles. The first-order valence-corrected chi connectivity index (χ1v) is 9.53. The van der Waals surface area contributed by atoms with Gasteiger partial charge in [0.1, 0.15) is 12.4 Å². The van der Waals surface area contributed by atoms with E-state index in [1.54, 1.807) is 23.1 Å². The fourth-order valence-electron chi connectivity index (χ4n) is 2.83. The van der Waals surface area contributed by atoms with Crippen molar-refractivity contribution in [3.05, 3.63) is 60.4 Å². The van der Waals surface area contributed by atoms with Gasteiger partial charge < -0.3 is 4.90 Å². The van der Waals surface area contributed by atoms with E-state index in [1.807, 2.05) is 0 Å². The van der Waals surface area contributed by atoms with Gasteiger partial charge in [0.25, 0.3) is 10.0 Å². The molecule has 0 spiro atoms. The first-order chi connectivity index (χ1) is 12.0. The predicted octanol–water partition coefficient (Wildman–Crippen LogP) is 2.64. The van der Waals surface area contributed by atoms with Gasteiger partial charge in [0.05, 0.1) is 10.6 Å². The van der Waals surface area contributed by atoms with Crippen LogP contribution in [0.4, 0.5) is 10.1 Å². The van der Waals surface area contributed by atoms with Gasteiger partial charge in [-0.3, -0.25) is 9.10 Å². The zero-order valence-electron chi connectivity index (χ0n) is 13.6. The monoisotopic (exact) mass is 362 g/mol. The molecular formula is C18H19FN2O3S. The molecule has 0 radical (unpaired) electrons. The molecule has 132 valence electrons. The maximum Gasteiger partial charge on any atom is 0.264 e. The van der Waals surface area contributed by atoms with E-state index >= 15 is 0 Å². The fraction of sp³-hybridized carbons (Fsp3) is 0.278. The van der Waals surface area contributed by atoms with Crippen molar-refractivity contribution in [1.29, 1.82) is 0 Å². The van der Waals surface area contributed by atoms with Gasteiger partial charge in [-0.1, -0.05) is 18.2 Å². The molecule has 7 heteroatoms. The van der Waals surface area contributed by atoms with Crippen LogP contribution in [0.15, 0.2) is 59.5 Å². The van der Waals surface area contributed by atoms with Crippen LogP contribution in [0.3, 0.4) is 0 Å². The molecule has 1 aliphatic heterocycles. The lowest BCUT2D eigenvalue weighted by Gasteiger charge is -2.26. The Kier molecular flexibility index (Phi) is 5.03. The molecule has 3 rings (SSSR count). The Labute approximate surface area is 146 Å². The molecule has 0 aromatic heterocycles. The second kappa shape index (κ2) is 7.23. The zero-order chi connectivity index (χ0) is 17.9. The van der Waals surface area contributed by atoms with Crippen LogP contribution in [0.2, 0.25) is 0 Å². The summed E-state index contributed by atoms with van der Waals surface area (Å²) in [7, 11) is -3.93. The topological polar surface area (TPSA) is 57.7 Å². The lowest BCUT2D eigenvalue weighted by molar-refractivity contribution is -0.128. The molecule has 1 saturated heterocycles. The average Bonchev–Trinajstić information content (AvgIpc) is 3.16. The molecule has 2 aromatic rings. The number of benzene rings is 2. The normalized spacial score (nSPS) is 14.5. The molecule has 25 heavy (non-hydrogen) atoms. The molecule has 0 unspecified atom stereocenters. The van der Waals surface area contributed by atoms with Gasteiger partial charge in [-0.05, 0) is 49.2 Å². The van der Waals surface area contributed by atoms with Gasteiger partial charge in [-0.15, -0.1) is 0 Å². The standard InChI is InChI=1S/C18H19FN2O3S/c19-15-8-10-16(11-9-15)21(14-18(22)20-12-4-5-13-20)25(23,24)17-6-2-1-3-7-17/h1-3,6-11H,4-5,12-14H2. The van der Waals surface area contributed by atoms with Crippen LogP contribution in [-0.4, -0.2) is 38.9 Å². The van der Waals surface area contributed by atoms with E-state index in [0.29, 0.717) is 13.1 Å². The number of sulfonamides is 1. The van der Waals surface area contributed by atoms with E-state index in [4.69, 9.17) is 0 Å². The number of halogens is 1. The highest BCUT2D eigenvalue weighted by atomic mass is 32.2. The maximum absolute atomic E-state index is 13.2. The highest BCUT2D eigenvalue weighted by molar-refractivity contribution is 7.92. The van der Waals surface area contributed by atoms with Crippen molar-refractivity contribution in [1.82, 2.24) is 4.90 Å². The smallest absolute Gasteiger partial charge is 0.264 e. The van der Waals surface area contributed by atoms with Gasteiger partial charge in [0, 0.05) is 13.1 Å². The minimum Gasteiger partial charge on any atom is -0.341 e. The molecule has 0 saturated carbocycles. The van der Waals surface area contributed by atoms with Gasteiger partial charge >= 0.3 is 0 Å². The van der Waals surface area contributed by atoms with E-state index in [2.05, 4.69) is 0 Å². The van der Waals surface area contributed by atoms with Crippen LogP contribution in [0, 0.1) is 5.82 Å². The molecule has 1 aliphatic rings. The van der Waals surface area contributed by atoms with Crippen LogP contribution >= 0.6 is 0 Å². The Bertz CT molecular complexity index is 832. The summed E-state index contributed by atoms with van der Waals surface area (Å²) in [6.07, 6.45) is 1.85. The molecule has 0 aliphatic carbocycles. The number of anilines is 1. The van der Waals surface area contributed by atoms with Crippen molar-refractivity contribution in [3.63, 3.8) is 0 Å². The van der Waals surface area contributed by atoms with Gasteiger partial charge in [-0.25, -0.2) is 12.8 Å². The summed E-state index contributed by atoms with van der Waals surface area (Å²) >= 11 is 0. The minimum atomic E-state index is -3.93. The minimum absolute atomic E-state index is 0.0912. The maximum atomic E-state index is 13.2. The third-order valence-electron chi connectivity index (χ3n) is 4.18. The van der Waals surface area contributed by atoms with E-state index < -0.39 is 15.8 Å². The number of likely N-dealkylation sites (tertiary alicyclic amines) is 1. The van der Waals surface area contributed by atoms with E-state index in [-0.39, 0.29) is 23.0 Å². The van der Waals surface area contributed by atoms with Crippen LogP contribution in [0.5, 0.6) is 0 Å².